The highest BCUT2D eigenvalue weighted by Gasteiger charge is 2.32. The maximum absolute atomic E-state index is 12.6. The average Bonchev–Trinajstić information content (AvgIpc) is 3.10. The van der Waals surface area contributed by atoms with Crippen LogP contribution >= 0.6 is 0 Å². The predicted molar refractivity (Wildman–Crippen MR) is 91.0 cm³/mol. The molecule has 1 aliphatic heterocycles. The van der Waals surface area contributed by atoms with Crippen molar-refractivity contribution in [3.8, 4) is 0 Å². The molecule has 1 aromatic carbocycles. The summed E-state index contributed by atoms with van der Waals surface area (Å²) >= 11 is 0. The van der Waals surface area contributed by atoms with Gasteiger partial charge in [0.1, 0.15) is 0 Å². The van der Waals surface area contributed by atoms with E-state index in [0.29, 0.717) is 0 Å². The molecule has 1 amide bonds. The smallest absolute Gasteiger partial charge is 0.225 e. The number of hydrogen-bond donors (Lipinski definition) is 1. The van der Waals surface area contributed by atoms with Crippen molar-refractivity contribution in [1.82, 2.24) is 9.80 Å². The molecule has 1 unspecified atom stereocenters. The summed E-state index contributed by atoms with van der Waals surface area (Å²) in [6, 6.07) is 10.2. The molecular weight excluding hydrogens is 288 g/mol. The molecule has 3 rings (SSSR count). The largest absolute Gasteiger partial charge is 0.385 e. The second kappa shape index (κ2) is 7.02. The van der Waals surface area contributed by atoms with E-state index in [0.717, 1.165) is 37.8 Å². The Morgan fingerprint density at radius 1 is 1.13 bits per heavy atom. The van der Waals surface area contributed by atoms with Crippen LogP contribution in [0.15, 0.2) is 30.3 Å². The van der Waals surface area contributed by atoms with E-state index >= 15 is 0 Å². The van der Waals surface area contributed by atoms with Crippen LogP contribution in [0.1, 0.15) is 44.6 Å². The lowest BCUT2D eigenvalue weighted by Crippen LogP contribution is -2.52. The van der Waals surface area contributed by atoms with E-state index < -0.39 is 5.60 Å². The number of aliphatic hydroxyl groups is 1. The first-order chi connectivity index (χ1) is 11.1. The van der Waals surface area contributed by atoms with Gasteiger partial charge in [0.25, 0.3) is 0 Å². The van der Waals surface area contributed by atoms with Gasteiger partial charge < -0.3 is 10.0 Å². The fraction of sp³-hybridized carbons (Fsp3) is 0.632. The maximum Gasteiger partial charge on any atom is 0.225 e. The van der Waals surface area contributed by atoms with Crippen LogP contribution in [0.2, 0.25) is 0 Å². The molecule has 2 fully saturated rings. The standard InChI is InChI=1S/C19H28N2O2/c1-19(23,16-7-3-2-4-8-16)15-18(22)21-13-11-20(12-14-21)17-9-5-6-10-17/h2-4,7-8,17,23H,5-6,9-15H2,1H3. The lowest BCUT2D eigenvalue weighted by molar-refractivity contribution is -0.138. The van der Waals surface area contributed by atoms with Gasteiger partial charge in [-0.05, 0) is 25.3 Å². The minimum Gasteiger partial charge on any atom is -0.385 e. The Morgan fingerprint density at radius 2 is 1.74 bits per heavy atom. The van der Waals surface area contributed by atoms with Crippen LogP contribution in [0.5, 0.6) is 0 Å². The minimum absolute atomic E-state index is 0.0601. The van der Waals surface area contributed by atoms with Crippen molar-refractivity contribution in [3.63, 3.8) is 0 Å². The molecule has 0 radical (unpaired) electrons. The fourth-order valence-corrected chi connectivity index (χ4v) is 3.91. The van der Waals surface area contributed by atoms with Crippen molar-refractivity contribution in [3.05, 3.63) is 35.9 Å². The van der Waals surface area contributed by atoms with E-state index in [1.54, 1.807) is 6.92 Å². The van der Waals surface area contributed by atoms with Crippen LogP contribution in [0.4, 0.5) is 0 Å². The number of rotatable bonds is 4. The molecule has 1 N–H and O–H groups in total. The van der Waals surface area contributed by atoms with Gasteiger partial charge >= 0.3 is 0 Å². The number of amides is 1. The van der Waals surface area contributed by atoms with Crippen LogP contribution < -0.4 is 0 Å². The van der Waals surface area contributed by atoms with Crippen molar-refractivity contribution >= 4 is 5.91 Å². The summed E-state index contributed by atoms with van der Waals surface area (Å²) < 4.78 is 0. The second-order valence-electron chi connectivity index (χ2n) is 7.17. The molecule has 1 aliphatic carbocycles. The number of benzene rings is 1. The van der Waals surface area contributed by atoms with E-state index in [1.165, 1.54) is 25.7 Å². The summed E-state index contributed by atoms with van der Waals surface area (Å²) in [6.45, 7) is 5.27. The van der Waals surface area contributed by atoms with Crippen LogP contribution in [0, 0.1) is 0 Å². The first kappa shape index (κ1) is 16.5. The molecule has 126 valence electrons. The van der Waals surface area contributed by atoms with Gasteiger partial charge in [0, 0.05) is 32.2 Å². The first-order valence-corrected chi connectivity index (χ1v) is 8.86. The van der Waals surface area contributed by atoms with E-state index in [-0.39, 0.29) is 12.3 Å². The zero-order chi connectivity index (χ0) is 16.3. The van der Waals surface area contributed by atoms with Crippen molar-refractivity contribution in [1.29, 1.82) is 0 Å². The summed E-state index contributed by atoms with van der Waals surface area (Å²) in [5.41, 5.74) is -0.293. The van der Waals surface area contributed by atoms with Gasteiger partial charge in [0.2, 0.25) is 5.91 Å². The maximum atomic E-state index is 12.6. The topological polar surface area (TPSA) is 43.8 Å². The quantitative estimate of drug-likeness (QED) is 0.927. The Labute approximate surface area is 139 Å². The van der Waals surface area contributed by atoms with Gasteiger partial charge in [0.05, 0.1) is 12.0 Å². The molecule has 1 atom stereocenters. The Kier molecular flexibility index (Phi) is 5.02. The summed E-state index contributed by atoms with van der Waals surface area (Å²) in [4.78, 5) is 17.0. The fourth-order valence-electron chi connectivity index (χ4n) is 3.91. The van der Waals surface area contributed by atoms with E-state index in [9.17, 15) is 9.90 Å². The summed E-state index contributed by atoms with van der Waals surface area (Å²) in [5, 5.41) is 10.7. The lowest BCUT2D eigenvalue weighted by Gasteiger charge is -2.39. The third kappa shape index (κ3) is 3.93. The molecule has 0 bridgehead atoms. The lowest BCUT2D eigenvalue weighted by atomic mass is 9.92. The van der Waals surface area contributed by atoms with Crippen molar-refractivity contribution in [2.45, 2.75) is 50.7 Å². The highest BCUT2D eigenvalue weighted by Crippen LogP contribution is 2.27. The van der Waals surface area contributed by atoms with Crippen molar-refractivity contribution in [2.24, 2.45) is 0 Å². The monoisotopic (exact) mass is 316 g/mol. The van der Waals surface area contributed by atoms with Crippen LogP contribution in [0.25, 0.3) is 0 Å². The minimum atomic E-state index is -1.10. The second-order valence-corrected chi connectivity index (χ2v) is 7.17. The number of nitrogens with zero attached hydrogens (tertiary/aromatic N) is 2. The molecule has 4 nitrogen and oxygen atoms in total. The molecule has 1 heterocycles. The van der Waals surface area contributed by atoms with Crippen molar-refractivity contribution in [2.75, 3.05) is 26.2 Å². The summed E-state index contributed by atoms with van der Waals surface area (Å²) in [6.07, 6.45) is 5.49. The highest BCUT2D eigenvalue weighted by atomic mass is 16.3. The molecule has 0 spiro atoms. The SMILES string of the molecule is CC(O)(CC(=O)N1CCN(C2CCCC2)CC1)c1ccccc1. The van der Waals surface area contributed by atoms with E-state index in [1.807, 2.05) is 35.2 Å². The normalized spacial score (nSPS) is 23.0. The van der Waals surface area contributed by atoms with Gasteiger partial charge in [-0.2, -0.15) is 0 Å². The highest BCUT2D eigenvalue weighted by molar-refractivity contribution is 5.77. The molecule has 23 heavy (non-hydrogen) atoms. The molecule has 0 aromatic heterocycles. The van der Waals surface area contributed by atoms with Gasteiger partial charge in [-0.3, -0.25) is 9.69 Å². The Hall–Kier alpha value is -1.39. The zero-order valence-corrected chi connectivity index (χ0v) is 14.1. The Bertz CT molecular complexity index is 515. The van der Waals surface area contributed by atoms with E-state index in [2.05, 4.69) is 4.90 Å². The molecule has 2 aliphatic rings. The van der Waals surface area contributed by atoms with Crippen LogP contribution in [0.3, 0.4) is 0 Å². The summed E-state index contributed by atoms with van der Waals surface area (Å²) in [7, 11) is 0. The first-order valence-electron chi connectivity index (χ1n) is 8.86. The molecular formula is C19H28N2O2. The Morgan fingerprint density at radius 3 is 2.35 bits per heavy atom. The van der Waals surface area contributed by atoms with Crippen LogP contribution in [-0.2, 0) is 10.4 Å². The van der Waals surface area contributed by atoms with Gasteiger partial charge in [-0.15, -0.1) is 0 Å². The van der Waals surface area contributed by atoms with Gasteiger partial charge in [-0.1, -0.05) is 43.2 Å². The predicted octanol–water partition coefficient (Wildman–Crippen LogP) is 2.37. The molecule has 1 aromatic rings. The third-order valence-electron chi connectivity index (χ3n) is 5.40. The zero-order valence-electron chi connectivity index (χ0n) is 14.1. The molecule has 1 saturated carbocycles. The van der Waals surface area contributed by atoms with Crippen LogP contribution in [-0.4, -0.2) is 53.0 Å². The number of piperazine rings is 1. The number of hydrogen-bond acceptors (Lipinski definition) is 3. The molecule has 1 saturated heterocycles. The number of carbonyl (C=O) groups is 1. The van der Waals surface area contributed by atoms with Crippen molar-refractivity contribution < 1.29 is 9.90 Å². The van der Waals surface area contributed by atoms with E-state index in [4.69, 9.17) is 0 Å². The average molecular weight is 316 g/mol. The summed E-state index contributed by atoms with van der Waals surface area (Å²) in [5.74, 6) is 0.0601. The van der Waals surface area contributed by atoms with Gasteiger partial charge in [-0.25, -0.2) is 0 Å². The third-order valence-corrected chi connectivity index (χ3v) is 5.40. The number of carbonyl (C=O) groups excluding carboxylic acids is 1. The Balaban J connectivity index is 1.53. The van der Waals surface area contributed by atoms with Gasteiger partial charge in [0.15, 0.2) is 0 Å². The molecule has 4 heteroatoms.